The molecule has 0 saturated heterocycles. The number of anilines is 1. The van der Waals surface area contributed by atoms with E-state index in [4.69, 9.17) is 19.7 Å². The molecule has 2 aromatic rings. The number of hydrogen-bond acceptors (Lipinski definition) is 6. The van der Waals surface area contributed by atoms with Gasteiger partial charge in [0.15, 0.2) is 0 Å². The number of amides is 1. The normalized spacial score (nSPS) is 12.9. The third-order valence-electron chi connectivity index (χ3n) is 4.16. The number of hydrogen-bond donors (Lipinski definition) is 3. The molecule has 0 bridgehead atoms. The van der Waals surface area contributed by atoms with Gasteiger partial charge in [0.2, 0.25) is 0 Å². The van der Waals surface area contributed by atoms with Gasteiger partial charge in [-0.1, -0.05) is 31.2 Å². The van der Waals surface area contributed by atoms with Gasteiger partial charge >= 0.3 is 12.1 Å². The van der Waals surface area contributed by atoms with Gasteiger partial charge in [0.1, 0.15) is 18.5 Å². The van der Waals surface area contributed by atoms with Crippen molar-refractivity contribution in [1.29, 1.82) is 0 Å². The van der Waals surface area contributed by atoms with E-state index in [1.807, 2.05) is 18.4 Å². The van der Waals surface area contributed by atoms with Crippen LogP contribution in [0.15, 0.2) is 65.6 Å². The molecule has 2 rings (SSSR count). The number of aliphatic hydroxyl groups is 1. The van der Waals surface area contributed by atoms with Gasteiger partial charge in [-0.15, -0.1) is 11.8 Å². The molecule has 0 radical (unpaired) electrons. The highest BCUT2D eigenvalue weighted by Gasteiger charge is 2.25. The van der Waals surface area contributed by atoms with Crippen LogP contribution in [0.3, 0.4) is 0 Å². The Morgan fingerprint density at radius 3 is 2.50 bits per heavy atom. The van der Waals surface area contributed by atoms with Crippen LogP contribution in [0.25, 0.3) is 0 Å². The minimum atomic E-state index is -1.09. The molecule has 0 unspecified atom stereocenters. The van der Waals surface area contributed by atoms with Crippen molar-refractivity contribution in [3.05, 3.63) is 66.2 Å². The molecule has 0 saturated carbocycles. The van der Waals surface area contributed by atoms with Gasteiger partial charge in [0, 0.05) is 28.1 Å². The number of carboxylic acids is 1. The summed E-state index contributed by atoms with van der Waals surface area (Å²) in [5, 5.41) is 20.7. The van der Waals surface area contributed by atoms with E-state index in [2.05, 4.69) is 5.32 Å². The summed E-state index contributed by atoms with van der Waals surface area (Å²) in [6.45, 7) is 1.66. The van der Waals surface area contributed by atoms with E-state index >= 15 is 0 Å². The molecule has 7 nitrogen and oxygen atoms in total. The van der Waals surface area contributed by atoms with Crippen molar-refractivity contribution in [1.82, 2.24) is 0 Å². The number of aliphatic hydroxyl groups excluding tert-OH is 1. The second-order valence-electron chi connectivity index (χ2n) is 6.35. The fourth-order valence-electron chi connectivity index (χ4n) is 2.73. The first-order chi connectivity index (χ1) is 14.4. The SMILES string of the molecule is CSc1ccc(NC(=O)O[C@H](c2ccccc2OCCO)[C@@H](C)/C=C/C(=O)O)cc1. The zero-order valence-electron chi connectivity index (χ0n) is 16.8. The molecular weight excluding hydrogens is 406 g/mol. The number of ether oxygens (including phenoxy) is 2. The second kappa shape index (κ2) is 11.9. The monoisotopic (exact) mass is 431 g/mol. The lowest BCUT2D eigenvalue weighted by Gasteiger charge is -2.24. The maximum absolute atomic E-state index is 12.6. The minimum Gasteiger partial charge on any atom is -0.491 e. The summed E-state index contributed by atoms with van der Waals surface area (Å²) < 4.78 is 11.2. The number of nitrogens with one attached hydrogen (secondary N) is 1. The highest BCUT2D eigenvalue weighted by molar-refractivity contribution is 7.98. The predicted octanol–water partition coefficient (Wildman–Crippen LogP) is 4.35. The second-order valence-corrected chi connectivity index (χ2v) is 7.23. The molecule has 0 fully saturated rings. The van der Waals surface area contributed by atoms with Crippen LogP contribution in [0.4, 0.5) is 10.5 Å². The molecule has 1 amide bonds. The van der Waals surface area contributed by atoms with Crippen LogP contribution < -0.4 is 10.1 Å². The molecule has 0 aliphatic rings. The molecule has 8 heteroatoms. The number of benzene rings is 2. The van der Waals surface area contributed by atoms with Gasteiger partial charge in [0.25, 0.3) is 0 Å². The first kappa shape index (κ1) is 23.3. The summed E-state index contributed by atoms with van der Waals surface area (Å²) in [5.74, 6) is -1.10. The van der Waals surface area contributed by atoms with Crippen LogP contribution in [-0.2, 0) is 9.53 Å². The topological polar surface area (TPSA) is 105 Å². The molecular formula is C22H25NO6S. The molecule has 0 heterocycles. The molecule has 2 aromatic carbocycles. The summed E-state index contributed by atoms with van der Waals surface area (Å²) in [7, 11) is 0. The maximum atomic E-state index is 12.6. The fraction of sp³-hybridized carbons (Fsp3) is 0.273. The van der Waals surface area contributed by atoms with Crippen molar-refractivity contribution in [3.63, 3.8) is 0 Å². The van der Waals surface area contributed by atoms with Crippen molar-refractivity contribution in [2.75, 3.05) is 24.8 Å². The molecule has 2 atom stereocenters. The summed E-state index contributed by atoms with van der Waals surface area (Å²) in [4.78, 5) is 24.5. The van der Waals surface area contributed by atoms with Crippen molar-refractivity contribution >= 4 is 29.5 Å². The van der Waals surface area contributed by atoms with E-state index in [0.717, 1.165) is 11.0 Å². The van der Waals surface area contributed by atoms with E-state index in [0.29, 0.717) is 17.0 Å². The average Bonchev–Trinajstić information content (AvgIpc) is 2.75. The van der Waals surface area contributed by atoms with Crippen LogP contribution in [0, 0.1) is 5.92 Å². The summed E-state index contributed by atoms with van der Waals surface area (Å²) in [6, 6.07) is 14.3. The number of carboxylic acid groups (broad SMARTS) is 1. The maximum Gasteiger partial charge on any atom is 0.412 e. The van der Waals surface area contributed by atoms with Gasteiger partial charge < -0.3 is 19.7 Å². The van der Waals surface area contributed by atoms with Crippen molar-refractivity contribution in [2.45, 2.75) is 17.9 Å². The minimum absolute atomic E-state index is 0.0804. The van der Waals surface area contributed by atoms with Gasteiger partial charge in [-0.2, -0.15) is 0 Å². The van der Waals surface area contributed by atoms with Crippen molar-refractivity contribution in [2.24, 2.45) is 5.92 Å². The molecule has 160 valence electrons. The number of carbonyl (C=O) groups is 2. The summed E-state index contributed by atoms with van der Waals surface area (Å²) in [5.41, 5.74) is 1.15. The van der Waals surface area contributed by atoms with E-state index in [-0.39, 0.29) is 13.2 Å². The predicted molar refractivity (Wildman–Crippen MR) is 116 cm³/mol. The zero-order valence-corrected chi connectivity index (χ0v) is 17.6. The van der Waals surface area contributed by atoms with Gasteiger partial charge in [-0.05, 0) is 36.6 Å². The van der Waals surface area contributed by atoms with Crippen LogP contribution in [-0.4, -0.2) is 41.7 Å². The van der Waals surface area contributed by atoms with Gasteiger partial charge in [0.05, 0.1) is 6.61 Å². The van der Waals surface area contributed by atoms with Crippen molar-refractivity contribution in [3.8, 4) is 5.75 Å². The Hall–Kier alpha value is -2.97. The number of thioether (sulfide) groups is 1. The smallest absolute Gasteiger partial charge is 0.412 e. The lowest BCUT2D eigenvalue weighted by Crippen LogP contribution is -2.22. The van der Waals surface area contributed by atoms with Crippen LogP contribution in [0.5, 0.6) is 5.75 Å². The Balaban J connectivity index is 2.25. The Morgan fingerprint density at radius 1 is 1.17 bits per heavy atom. The molecule has 0 spiro atoms. The van der Waals surface area contributed by atoms with Gasteiger partial charge in [-0.25, -0.2) is 9.59 Å². The molecule has 30 heavy (non-hydrogen) atoms. The quantitative estimate of drug-likeness (QED) is 0.379. The average molecular weight is 432 g/mol. The highest BCUT2D eigenvalue weighted by Crippen LogP contribution is 2.34. The van der Waals surface area contributed by atoms with Crippen LogP contribution in [0.1, 0.15) is 18.6 Å². The van der Waals surface area contributed by atoms with E-state index in [1.165, 1.54) is 6.08 Å². The highest BCUT2D eigenvalue weighted by atomic mass is 32.2. The Kier molecular flexibility index (Phi) is 9.24. The first-order valence-corrected chi connectivity index (χ1v) is 10.5. The van der Waals surface area contributed by atoms with Crippen molar-refractivity contribution < 1.29 is 29.3 Å². The van der Waals surface area contributed by atoms with Crippen LogP contribution in [0.2, 0.25) is 0 Å². The molecule has 3 N–H and O–H groups in total. The third kappa shape index (κ3) is 7.13. The first-order valence-electron chi connectivity index (χ1n) is 9.30. The fourth-order valence-corrected chi connectivity index (χ4v) is 3.14. The number of rotatable bonds is 10. The van der Waals surface area contributed by atoms with Gasteiger partial charge in [-0.3, -0.25) is 5.32 Å². The molecule has 0 aromatic heterocycles. The lowest BCUT2D eigenvalue weighted by atomic mass is 9.96. The standard InChI is InChI=1S/C22H25NO6S/c1-15(7-12-20(25)26)21(18-5-3-4-6-19(18)28-14-13-24)29-22(27)23-16-8-10-17(30-2)11-9-16/h3-12,15,21,24H,13-14H2,1-2H3,(H,23,27)(H,25,26)/b12-7+/t15-,21-/m0/s1. The molecule has 0 aliphatic heterocycles. The van der Waals surface area contributed by atoms with E-state index in [1.54, 1.807) is 55.1 Å². The summed E-state index contributed by atoms with van der Waals surface area (Å²) in [6.07, 6.45) is 2.95. The van der Waals surface area contributed by atoms with E-state index in [9.17, 15) is 9.59 Å². The Morgan fingerprint density at radius 2 is 1.87 bits per heavy atom. The Bertz CT molecular complexity index is 868. The number of para-hydroxylation sites is 1. The zero-order chi connectivity index (χ0) is 21.9. The lowest BCUT2D eigenvalue weighted by molar-refractivity contribution is -0.131. The third-order valence-corrected chi connectivity index (χ3v) is 4.91. The summed E-state index contributed by atoms with van der Waals surface area (Å²) >= 11 is 1.59. The molecule has 0 aliphatic carbocycles. The van der Waals surface area contributed by atoms with E-state index < -0.39 is 24.1 Å². The number of aliphatic carboxylic acids is 1. The van der Waals surface area contributed by atoms with Crippen LogP contribution >= 0.6 is 11.8 Å². The largest absolute Gasteiger partial charge is 0.491 e. The Labute approximate surface area is 179 Å². The number of carbonyl (C=O) groups excluding carboxylic acids is 1.